The Hall–Kier alpha value is -1.71. The molecular formula is C11H15NO3. The normalized spacial score (nSPS) is 9.87. The van der Waals surface area contributed by atoms with E-state index in [1.54, 1.807) is 0 Å². The van der Waals surface area contributed by atoms with Gasteiger partial charge < -0.3 is 15.2 Å². The Morgan fingerprint density at radius 1 is 1.27 bits per heavy atom. The van der Waals surface area contributed by atoms with Gasteiger partial charge in [-0.1, -0.05) is 6.07 Å². The van der Waals surface area contributed by atoms with Crippen molar-refractivity contribution in [3.63, 3.8) is 0 Å². The van der Waals surface area contributed by atoms with Gasteiger partial charge in [-0.05, 0) is 25.0 Å². The first-order valence-electron chi connectivity index (χ1n) is 4.54. The molecule has 0 aliphatic heterocycles. The molecule has 82 valence electrons. The van der Waals surface area contributed by atoms with E-state index < -0.39 is 5.97 Å². The minimum Gasteiger partial charge on any atom is -0.494 e. The summed E-state index contributed by atoms with van der Waals surface area (Å²) < 4.78 is 9.81. The number of aryl methyl sites for hydroxylation is 2. The van der Waals surface area contributed by atoms with Crippen molar-refractivity contribution in [1.82, 2.24) is 0 Å². The van der Waals surface area contributed by atoms with Gasteiger partial charge in [0.1, 0.15) is 5.56 Å². The topological polar surface area (TPSA) is 61.5 Å². The first-order chi connectivity index (χ1) is 7.02. The minimum absolute atomic E-state index is 0.388. The lowest BCUT2D eigenvalue weighted by molar-refractivity contribution is 0.0596. The van der Waals surface area contributed by atoms with Gasteiger partial charge in [0.15, 0.2) is 5.75 Å². The van der Waals surface area contributed by atoms with Crippen LogP contribution in [0.5, 0.6) is 5.75 Å². The molecule has 0 amide bonds. The van der Waals surface area contributed by atoms with E-state index in [1.807, 2.05) is 19.9 Å². The second kappa shape index (κ2) is 4.21. The number of rotatable bonds is 2. The highest BCUT2D eigenvalue weighted by atomic mass is 16.5. The van der Waals surface area contributed by atoms with Crippen LogP contribution in [0.3, 0.4) is 0 Å². The van der Waals surface area contributed by atoms with E-state index >= 15 is 0 Å². The van der Waals surface area contributed by atoms with Gasteiger partial charge in [0, 0.05) is 0 Å². The fraction of sp³-hybridized carbons (Fsp3) is 0.364. The molecule has 0 unspecified atom stereocenters. The molecule has 0 saturated carbocycles. The third-order valence-corrected chi connectivity index (χ3v) is 2.32. The van der Waals surface area contributed by atoms with E-state index in [4.69, 9.17) is 10.5 Å². The largest absolute Gasteiger partial charge is 0.494 e. The average Bonchev–Trinajstić information content (AvgIpc) is 2.21. The first-order valence-corrected chi connectivity index (χ1v) is 4.54. The van der Waals surface area contributed by atoms with Gasteiger partial charge in [0.2, 0.25) is 0 Å². The molecule has 4 nitrogen and oxygen atoms in total. The predicted octanol–water partition coefficient (Wildman–Crippen LogP) is 1.68. The molecule has 0 atom stereocenters. The number of methoxy groups -OCH3 is 2. The minimum atomic E-state index is -0.434. The lowest BCUT2D eigenvalue weighted by atomic mass is 10.0. The van der Waals surface area contributed by atoms with Crippen LogP contribution in [0.1, 0.15) is 21.5 Å². The van der Waals surface area contributed by atoms with E-state index in [2.05, 4.69) is 4.74 Å². The van der Waals surface area contributed by atoms with Crippen molar-refractivity contribution < 1.29 is 14.3 Å². The van der Waals surface area contributed by atoms with Crippen molar-refractivity contribution in [1.29, 1.82) is 0 Å². The number of hydrogen-bond donors (Lipinski definition) is 1. The maximum Gasteiger partial charge on any atom is 0.341 e. The van der Waals surface area contributed by atoms with Crippen molar-refractivity contribution in [2.75, 3.05) is 20.0 Å². The SMILES string of the molecule is COC(=O)c1c(C)cc(C)c(N)c1OC. The van der Waals surface area contributed by atoms with Crippen LogP contribution in [-0.2, 0) is 4.74 Å². The summed E-state index contributed by atoms with van der Waals surface area (Å²) in [5.41, 5.74) is 8.37. The maximum atomic E-state index is 11.5. The van der Waals surface area contributed by atoms with Crippen LogP contribution in [0, 0.1) is 13.8 Å². The van der Waals surface area contributed by atoms with Crippen LogP contribution in [0.25, 0.3) is 0 Å². The molecule has 0 radical (unpaired) electrons. The van der Waals surface area contributed by atoms with E-state index in [0.717, 1.165) is 11.1 Å². The average molecular weight is 209 g/mol. The quantitative estimate of drug-likeness (QED) is 0.594. The van der Waals surface area contributed by atoms with Gasteiger partial charge in [-0.2, -0.15) is 0 Å². The molecule has 0 aliphatic rings. The van der Waals surface area contributed by atoms with Gasteiger partial charge in [-0.3, -0.25) is 0 Å². The van der Waals surface area contributed by atoms with Crippen LogP contribution < -0.4 is 10.5 Å². The summed E-state index contributed by atoms with van der Waals surface area (Å²) in [6.07, 6.45) is 0. The molecule has 15 heavy (non-hydrogen) atoms. The van der Waals surface area contributed by atoms with Gasteiger partial charge in [-0.25, -0.2) is 4.79 Å². The van der Waals surface area contributed by atoms with E-state index in [9.17, 15) is 4.79 Å². The molecule has 1 aromatic carbocycles. The van der Waals surface area contributed by atoms with Crippen LogP contribution in [0.2, 0.25) is 0 Å². The Balaban J connectivity index is 3.49. The monoisotopic (exact) mass is 209 g/mol. The number of hydrogen-bond acceptors (Lipinski definition) is 4. The fourth-order valence-electron chi connectivity index (χ4n) is 1.54. The van der Waals surface area contributed by atoms with Crippen LogP contribution in [-0.4, -0.2) is 20.2 Å². The third kappa shape index (κ3) is 1.88. The summed E-state index contributed by atoms with van der Waals surface area (Å²) in [6.45, 7) is 3.69. The number of nitrogen functional groups attached to an aromatic ring is 1. The fourth-order valence-corrected chi connectivity index (χ4v) is 1.54. The summed E-state index contributed by atoms with van der Waals surface area (Å²) >= 11 is 0. The molecule has 0 saturated heterocycles. The number of benzene rings is 1. The number of carbonyl (C=O) groups is 1. The number of nitrogens with two attached hydrogens (primary N) is 1. The summed E-state index contributed by atoms with van der Waals surface area (Å²) in [4.78, 5) is 11.5. The zero-order valence-corrected chi connectivity index (χ0v) is 9.38. The van der Waals surface area contributed by atoms with Gasteiger partial charge in [0.05, 0.1) is 19.9 Å². The van der Waals surface area contributed by atoms with E-state index in [-0.39, 0.29) is 0 Å². The highest BCUT2D eigenvalue weighted by Gasteiger charge is 2.19. The van der Waals surface area contributed by atoms with Crippen molar-refractivity contribution >= 4 is 11.7 Å². The second-order valence-electron chi connectivity index (χ2n) is 3.32. The summed E-state index contributed by atoms with van der Waals surface area (Å²) in [5.74, 6) is -0.0459. The molecule has 1 rings (SSSR count). The van der Waals surface area contributed by atoms with Gasteiger partial charge in [0.25, 0.3) is 0 Å². The predicted molar refractivity (Wildman–Crippen MR) is 58.2 cm³/mol. The van der Waals surface area contributed by atoms with E-state index in [0.29, 0.717) is 17.0 Å². The Kier molecular flexibility index (Phi) is 3.19. The van der Waals surface area contributed by atoms with Crippen LogP contribution in [0.15, 0.2) is 6.07 Å². The van der Waals surface area contributed by atoms with Gasteiger partial charge >= 0.3 is 5.97 Å². The molecule has 0 aromatic heterocycles. The standard InChI is InChI=1S/C11H15NO3/c1-6-5-7(2)9(12)10(14-3)8(6)11(13)15-4/h5H,12H2,1-4H3. The zero-order chi connectivity index (χ0) is 11.6. The Bertz CT molecular complexity index is 399. The highest BCUT2D eigenvalue weighted by molar-refractivity contribution is 5.96. The third-order valence-electron chi connectivity index (χ3n) is 2.32. The first kappa shape index (κ1) is 11.4. The molecule has 0 aliphatic carbocycles. The van der Waals surface area contributed by atoms with Crippen molar-refractivity contribution in [3.05, 3.63) is 22.8 Å². The summed E-state index contributed by atoms with van der Waals surface area (Å²) in [6, 6.07) is 1.84. The van der Waals surface area contributed by atoms with E-state index in [1.165, 1.54) is 14.2 Å². The molecular weight excluding hydrogens is 194 g/mol. The lowest BCUT2D eigenvalue weighted by Crippen LogP contribution is -2.09. The van der Waals surface area contributed by atoms with Crippen LogP contribution >= 0.6 is 0 Å². The number of ether oxygens (including phenoxy) is 2. The smallest absolute Gasteiger partial charge is 0.341 e. The second-order valence-corrected chi connectivity index (χ2v) is 3.32. The molecule has 0 fully saturated rings. The van der Waals surface area contributed by atoms with Crippen molar-refractivity contribution in [3.8, 4) is 5.75 Å². The van der Waals surface area contributed by atoms with Gasteiger partial charge in [-0.15, -0.1) is 0 Å². The molecule has 4 heteroatoms. The Labute approximate surface area is 89.0 Å². The molecule has 0 heterocycles. The lowest BCUT2D eigenvalue weighted by Gasteiger charge is -2.14. The molecule has 0 spiro atoms. The van der Waals surface area contributed by atoms with Crippen molar-refractivity contribution in [2.24, 2.45) is 0 Å². The summed E-state index contributed by atoms with van der Waals surface area (Å²) in [5, 5.41) is 0. The number of carbonyl (C=O) groups excluding carboxylic acids is 1. The molecule has 0 bridgehead atoms. The highest BCUT2D eigenvalue weighted by Crippen LogP contribution is 2.32. The van der Waals surface area contributed by atoms with Crippen LogP contribution in [0.4, 0.5) is 5.69 Å². The Morgan fingerprint density at radius 2 is 1.87 bits per heavy atom. The summed E-state index contributed by atoms with van der Waals surface area (Å²) in [7, 11) is 2.81. The molecule has 2 N–H and O–H groups in total. The molecule has 1 aromatic rings. The van der Waals surface area contributed by atoms with Crippen molar-refractivity contribution in [2.45, 2.75) is 13.8 Å². The number of anilines is 1. The Morgan fingerprint density at radius 3 is 2.33 bits per heavy atom. The zero-order valence-electron chi connectivity index (χ0n) is 9.38. The number of esters is 1. The maximum absolute atomic E-state index is 11.5.